The number of carbonyl (C=O) groups is 1. The quantitative estimate of drug-likeness (QED) is 0.200. The van der Waals surface area contributed by atoms with Crippen molar-refractivity contribution in [2.45, 2.75) is 52.6 Å². The lowest BCUT2D eigenvalue weighted by Gasteiger charge is -2.39. The van der Waals surface area contributed by atoms with Crippen molar-refractivity contribution in [2.75, 3.05) is 19.6 Å². The van der Waals surface area contributed by atoms with Crippen LogP contribution in [0.4, 0.5) is 10.1 Å². The molecule has 0 atom stereocenters. The molecule has 10 nitrogen and oxygen atoms in total. The average molecular weight is 601 g/mol. The molecule has 0 unspecified atom stereocenters. The molecule has 4 aromatic rings. The number of aryl methyl sites for hydroxylation is 2. The summed E-state index contributed by atoms with van der Waals surface area (Å²) in [6.45, 7) is 7.88. The van der Waals surface area contributed by atoms with E-state index in [9.17, 15) is 24.1 Å². The van der Waals surface area contributed by atoms with Gasteiger partial charge in [-0.05, 0) is 81.5 Å². The average Bonchev–Trinajstić information content (AvgIpc) is 3.22. The van der Waals surface area contributed by atoms with Gasteiger partial charge < -0.3 is 4.90 Å². The van der Waals surface area contributed by atoms with Crippen LogP contribution in [0.5, 0.6) is 0 Å². The molecule has 1 aliphatic heterocycles. The molecule has 2 aromatic carbocycles. The molecule has 44 heavy (non-hydrogen) atoms. The lowest BCUT2D eigenvalue weighted by molar-refractivity contribution is -0.384. The third kappa shape index (κ3) is 6.33. The molecule has 1 saturated heterocycles. The first-order chi connectivity index (χ1) is 21.0. The molecule has 11 heteroatoms. The van der Waals surface area contributed by atoms with Crippen LogP contribution in [0.3, 0.4) is 0 Å². The molecule has 0 radical (unpaired) electrons. The molecule has 3 heterocycles. The number of nitrogens with zero attached hydrogens (tertiary/aromatic N) is 6. The molecule has 0 aliphatic carbocycles. The number of hydrogen-bond donors (Lipinski definition) is 0. The number of amides is 1. The van der Waals surface area contributed by atoms with Crippen LogP contribution >= 0.6 is 0 Å². The Kier molecular flexibility index (Phi) is 9.05. The van der Waals surface area contributed by atoms with Gasteiger partial charge in [0.1, 0.15) is 5.82 Å². The van der Waals surface area contributed by atoms with E-state index in [0.29, 0.717) is 49.4 Å². The zero-order valence-corrected chi connectivity index (χ0v) is 25.5. The van der Waals surface area contributed by atoms with Crippen molar-refractivity contribution < 1.29 is 14.1 Å². The minimum absolute atomic E-state index is 0.00920. The molecule has 0 spiro atoms. The van der Waals surface area contributed by atoms with E-state index in [4.69, 9.17) is 0 Å². The lowest BCUT2D eigenvalue weighted by Crippen LogP contribution is -2.47. The Bertz CT molecular complexity index is 1700. The van der Waals surface area contributed by atoms with Gasteiger partial charge in [0.2, 0.25) is 0 Å². The van der Waals surface area contributed by atoms with Crippen LogP contribution in [0.1, 0.15) is 51.3 Å². The van der Waals surface area contributed by atoms with Crippen molar-refractivity contribution in [2.24, 2.45) is 7.05 Å². The van der Waals surface area contributed by atoms with E-state index < -0.39 is 4.92 Å². The Balaban J connectivity index is 1.38. The summed E-state index contributed by atoms with van der Waals surface area (Å²) in [4.78, 5) is 46.4. The topological polar surface area (TPSA) is 107 Å². The summed E-state index contributed by atoms with van der Waals surface area (Å²) in [5.41, 5.74) is 5.18. The zero-order chi connectivity index (χ0) is 31.5. The van der Waals surface area contributed by atoms with E-state index in [1.807, 2.05) is 38.8 Å². The first kappa shape index (κ1) is 30.8. The second kappa shape index (κ2) is 12.9. The monoisotopic (exact) mass is 600 g/mol. The lowest BCUT2D eigenvalue weighted by atomic mass is 9.99. The van der Waals surface area contributed by atoms with Crippen LogP contribution < -0.4 is 5.56 Å². The molecular formula is C33H37FN6O4. The summed E-state index contributed by atoms with van der Waals surface area (Å²) in [5.74, 6) is -0.380. The number of nitro benzene ring substituents is 1. The number of carbonyl (C=O) groups excluding carboxylic acids is 1. The number of halogens is 1. The maximum absolute atomic E-state index is 13.8. The van der Waals surface area contributed by atoms with Crippen molar-refractivity contribution in [3.8, 4) is 5.69 Å². The highest BCUT2D eigenvalue weighted by molar-refractivity contribution is 5.96. The number of non-ortho nitro benzene ring substituents is 1. The van der Waals surface area contributed by atoms with Crippen LogP contribution in [-0.4, -0.2) is 60.7 Å². The Morgan fingerprint density at radius 1 is 1.05 bits per heavy atom. The van der Waals surface area contributed by atoms with Crippen molar-refractivity contribution in [1.29, 1.82) is 0 Å². The van der Waals surface area contributed by atoms with Crippen LogP contribution in [0, 0.1) is 36.7 Å². The van der Waals surface area contributed by atoms with Gasteiger partial charge in [-0.1, -0.05) is 12.1 Å². The highest BCUT2D eigenvalue weighted by atomic mass is 19.1. The Morgan fingerprint density at radius 2 is 1.70 bits per heavy atom. The molecule has 0 saturated carbocycles. The third-order valence-corrected chi connectivity index (χ3v) is 8.77. The van der Waals surface area contributed by atoms with Crippen molar-refractivity contribution >= 4 is 11.6 Å². The smallest absolute Gasteiger partial charge is 0.276 e. The maximum Gasteiger partial charge on any atom is 0.276 e. The van der Waals surface area contributed by atoms with Gasteiger partial charge in [-0.15, -0.1) is 0 Å². The molecule has 5 rings (SSSR count). The van der Waals surface area contributed by atoms with Gasteiger partial charge in [0.25, 0.3) is 17.2 Å². The van der Waals surface area contributed by atoms with Gasteiger partial charge >= 0.3 is 0 Å². The van der Waals surface area contributed by atoms with E-state index in [-0.39, 0.29) is 29.0 Å². The molecule has 0 bridgehead atoms. The molecule has 1 fully saturated rings. The number of rotatable bonds is 9. The molecule has 2 aromatic heterocycles. The Labute approximate surface area is 255 Å². The number of piperidine rings is 1. The minimum atomic E-state index is -0.413. The fraction of sp³-hybridized carbons (Fsp3) is 0.364. The van der Waals surface area contributed by atoms with E-state index in [0.717, 1.165) is 35.4 Å². The van der Waals surface area contributed by atoms with E-state index in [1.54, 1.807) is 39.8 Å². The van der Waals surface area contributed by atoms with E-state index in [1.165, 1.54) is 24.3 Å². The predicted octanol–water partition coefficient (Wildman–Crippen LogP) is 4.89. The predicted molar refractivity (Wildman–Crippen MR) is 166 cm³/mol. The van der Waals surface area contributed by atoms with Crippen LogP contribution in [0.25, 0.3) is 5.69 Å². The molecule has 1 amide bonds. The summed E-state index contributed by atoms with van der Waals surface area (Å²) < 4.78 is 16.9. The molecular weight excluding hydrogens is 563 g/mol. The highest BCUT2D eigenvalue weighted by Crippen LogP contribution is 2.24. The van der Waals surface area contributed by atoms with Gasteiger partial charge in [-0.3, -0.25) is 34.3 Å². The summed E-state index contributed by atoms with van der Waals surface area (Å²) in [6.07, 6.45) is 3.83. The number of benzene rings is 2. The second-order valence-corrected chi connectivity index (χ2v) is 11.4. The largest absolute Gasteiger partial charge is 0.338 e. The van der Waals surface area contributed by atoms with Gasteiger partial charge in [0.15, 0.2) is 0 Å². The first-order valence-corrected chi connectivity index (χ1v) is 14.8. The summed E-state index contributed by atoms with van der Waals surface area (Å²) in [5, 5.41) is 11.1. The molecule has 0 N–H and O–H groups in total. The maximum atomic E-state index is 13.8. The van der Waals surface area contributed by atoms with E-state index in [2.05, 4.69) is 9.88 Å². The van der Waals surface area contributed by atoms with Gasteiger partial charge in [-0.25, -0.2) is 9.07 Å². The van der Waals surface area contributed by atoms with Crippen molar-refractivity contribution in [3.05, 3.63) is 121 Å². The number of hydrogen-bond acceptors (Lipinski definition) is 6. The molecule has 1 aliphatic rings. The van der Waals surface area contributed by atoms with Crippen molar-refractivity contribution in [1.82, 2.24) is 24.1 Å². The number of aromatic nitrogens is 3. The van der Waals surface area contributed by atoms with Crippen LogP contribution in [0.2, 0.25) is 0 Å². The Morgan fingerprint density at radius 3 is 2.32 bits per heavy atom. The fourth-order valence-electron chi connectivity index (χ4n) is 6.08. The third-order valence-electron chi connectivity index (χ3n) is 8.77. The van der Waals surface area contributed by atoms with Gasteiger partial charge in [0.05, 0.1) is 27.4 Å². The summed E-state index contributed by atoms with van der Waals surface area (Å²) in [6, 6.07) is 14.4. The van der Waals surface area contributed by atoms with E-state index >= 15 is 0 Å². The fourth-order valence-corrected chi connectivity index (χ4v) is 6.08. The van der Waals surface area contributed by atoms with Gasteiger partial charge in [0, 0.05) is 63.3 Å². The van der Waals surface area contributed by atoms with Crippen molar-refractivity contribution in [3.63, 3.8) is 0 Å². The standard InChI is InChI=1S/C33H37FN6O4/c1-22-13-17-35-23(2)31(22)33(42)37-19-15-27(16-20-37)38(18-14-25-5-9-29(10-6-25)40(43)44)21-30-24(3)36(4)39(32(30)41)28-11-7-26(34)8-12-28/h5-13,17,27H,14-16,18-21H2,1-4H3. The van der Waals surface area contributed by atoms with Crippen LogP contribution in [0.15, 0.2) is 65.6 Å². The Hall–Kier alpha value is -4.64. The number of likely N-dealkylation sites (tertiary alicyclic amines) is 1. The number of nitro groups is 1. The normalized spacial score (nSPS) is 13.9. The summed E-state index contributed by atoms with van der Waals surface area (Å²) >= 11 is 0. The number of pyridine rings is 1. The van der Waals surface area contributed by atoms with Crippen LogP contribution in [-0.2, 0) is 20.0 Å². The SMILES string of the molecule is Cc1ccnc(C)c1C(=O)N1CCC(N(CCc2ccc([N+](=O)[O-])cc2)Cc2c(C)n(C)n(-c3ccc(F)cc3)c2=O)CC1. The minimum Gasteiger partial charge on any atom is -0.338 e. The zero-order valence-electron chi connectivity index (χ0n) is 25.5. The molecule has 230 valence electrons. The highest BCUT2D eigenvalue weighted by Gasteiger charge is 2.30. The van der Waals surface area contributed by atoms with Gasteiger partial charge in [-0.2, -0.15) is 0 Å². The summed E-state index contributed by atoms with van der Waals surface area (Å²) in [7, 11) is 1.82. The first-order valence-electron chi connectivity index (χ1n) is 14.8. The second-order valence-electron chi connectivity index (χ2n) is 11.4.